The second-order valence-electron chi connectivity index (χ2n) is 4.49. The molecule has 108 valence electrons. The van der Waals surface area contributed by atoms with Gasteiger partial charge in [-0.05, 0) is 24.6 Å². The summed E-state index contributed by atoms with van der Waals surface area (Å²) in [6.07, 6.45) is 0. The Hall–Kier alpha value is -0.910. The Morgan fingerprint density at radius 2 is 2.25 bits per heavy atom. The van der Waals surface area contributed by atoms with Crippen molar-refractivity contribution < 1.29 is 9.59 Å². The maximum Gasteiger partial charge on any atom is 0.282 e. The Morgan fingerprint density at radius 3 is 2.85 bits per heavy atom. The Kier molecular flexibility index (Phi) is 5.18. The van der Waals surface area contributed by atoms with E-state index in [4.69, 9.17) is 23.2 Å². The van der Waals surface area contributed by atoms with Crippen molar-refractivity contribution in [1.29, 1.82) is 0 Å². The first-order chi connectivity index (χ1) is 9.47. The number of hydrogen-bond donors (Lipinski definition) is 1. The molecule has 1 saturated heterocycles. The largest absolute Gasteiger partial charge is 0.348 e. The van der Waals surface area contributed by atoms with Gasteiger partial charge in [-0.15, -0.1) is 0 Å². The van der Waals surface area contributed by atoms with Gasteiger partial charge in [-0.2, -0.15) is 0 Å². The second-order valence-corrected chi connectivity index (χ2v) is 6.38. The van der Waals surface area contributed by atoms with Crippen molar-refractivity contribution in [3.63, 3.8) is 0 Å². The number of hydrogen-bond acceptors (Lipinski definition) is 3. The molecule has 1 aromatic rings. The predicted molar refractivity (Wildman–Crippen MR) is 82.4 cm³/mol. The van der Waals surface area contributed by atoms with Crippen LogP contribution >= 0.6 is 35.0 Å². The highest BCUT2D eigenvalue weighted by atomic mass is 35.5. The van der Waals surface area contributed by atoms with E-state index in [0.29, 0.717) is 16.6 Å². The number of rotatable bonds is 4. The van der Waals surface area contributed by atoms with E-state index in [1.807, 2.05) is 6.92 Å². The molecule has 4 nitrogen and oxygen atoms in total. The van der Waals surface area contributed by atoms with E-state index in [1.165, 1.54) is 16.7 Å². The number of amides is 2. The van der Waals surface area contributed by atoms with Crippen molar-refractivity contribution >= 4 is 46.1 Å². The maximum absolute atomic E-state index is 11.9. The van der Waals surface area contributed by atoms with Gasteiger partial charge in [-0.1, -0.05) is 41.0 Å². The monoisotopic (exact) mass is 332 g/mol. The molecule has 0 radical (unpaired) electrons. The van der Waals surface area contributed by atoms with Gasteiger partial charge in [0.25, 0.3) is 5.24 Å². The van der Waals surface area contributed by atoms with Crippen LogP contribution in [-0.2, 0) is 4.79 Å². The van der Waals surface area contributed by atoms with Crippen LogP contribution in [0, 0.1) is 0 Å². The molecule has 1 aliphatic rings. The Balaban J connectivity index is 1.95. The van der Waals surface area contributed by atoms with Crippen molar-refractivity contribution in [3.05, 3.63) is 33.8 Å². The van der Waals surface area contributed by atoms with Crippen LogP contribution in [0.2, 0.25) is 10.0 Å². The molecule has 1 heterocycles. The summed E-state index contributed by atoms with van der Waals surface area (Å²) >= 11 is 13.2. The minimum Gasteiger partial charge on any atom is -0.348 e. The molecule has 0 aromatic heterocycles. The molecule has 2 amide bonds. The third-order valence-corrected chi connectivity index (χ3v) is 4.44. The third-order valence-electron chi connectivity index (χ3n) is 2.99. The van der Waals surface area contributed by atoms with E-state index in [1.54, 1.807) is 18.2 Å². The normalized spacial score (nSPS) is 16.4. The van der Waals surface area contributed by atoms with Crippen molar-refractivity contribution in [1.82, 2.24) is 10.2 Å². The molecule has 1 aromatic carbocycles. The highest BCUT2D eigenvalue weighted by Crippen LogP contribution is 2.26. The molecule has 0 spiro atoms. The van der Waals surface area contributed by atoms with Crippen LogP contribution in [0.5, 0.6) is 0 Å². The van der Waals surface area contributed by atoms with E-state index >= 15 is 0 Å². The average molecular weight is 333 g/mol. The number of carbonyl (C=O) groups excluding carboxylic acids is 2. The van der Waals surface area contributed by atoms with Crippen LogP contribution in [0.4, 0.5) is 4.79 Å². The molecule has 1 atom stereocenters. The number of benzene rings is 1. The molecule has 1 N–H and O–H groups in total. The Bertz CT molecular complexity index is 539. The van der Waals surface area contributed by atoms with Gasteiger partial charge in [-0.3, -0.25) is 9.59 Å². The van der Waals surface area contributed by atoms with E-state index in [2.05, 4.69) is 5.32 Å². The molecule has 1 aliphatic heterocycles. The highest BCUT2D eigenvalue weighted by Gasteiger charge is 2.24. The van der Waals surface area contributed by atoms with E-state index in [-0.39, 0.29) is 23.7 Å². The van der Waals surface area contributed by atoms with Crippen molar-refractivity contribution in [2.75, 3.05) is 18.8 Å². The zero-order chi connectivity index (χ0) is 14.7. The molecule has 0 saturated carbocycles. The predicted octanol–water partition coefficient (Wildman–Crippen LogP) is 3.34. The SMILES string of the molecule is C[C@H](NC(=O)CN1CCSC1=O)c1ccc(Cl)cc1Cl. The minimum atomic E-state index is -0.238. The summed E-state index contributed by atoms with van der Waals surface area (Å²) in [5.74, 6) is 0.546. The van der Waals surface area contributed by atoms with Gasteiger partial charge >= 0.3 is 0 Å². The first-order valence-corrected chi connectivity index (χ1v) is 7.87. The molecular weight excluding hydrogens is 319 g/mol. The fraction of sp³-hybridized carbons (Fsp3) is 0.385. The third kappa shape index (κ3) is 3.81. The summed E-state index contributed by atoms with van der Waals surface area (Å²) in [6.45, 7) is 2.54. The van der Waals surface area contributed by atoms with Gasteiger partial charge in [0.05, 0.1) is 6.04 Å². The minimum absolute atomic E-state index is 0.0441. The first kappa shape index (κ1) is 15.5. The summed E-state index contributed by atoms with van der Waals surface area (Å²) < 4.78 is 0. The molecule has 2 rings (SSSR count). The van der Waals surface area contributed by atoms with Crippen LogP contribution in [0.1, 0.15) is 18.5 Å². The number of nitrogens with one attached hydrogen (secondary N) is 1. The van der Waals surface area contributed by atoms with Gasteiger partial charge < -0.3 is 10.2 Å². The standard InChI is InChI=1S/C13H14Cl2N2O2S/c1-8(10-3-2-9(14)6-11(10)15)16-12(18)7-17-4-5-20-13(17)19/h2-3,6,8H,4-5,7H2,1H3,(H,16,18)/t8-/m0/s1. The molecule has 0 unspecified atom stereocenters. The zero-order valence-corrected chi connectivity index (χ0v) is 13.2. The van der Waals surface area contributed by atoms with Gasteiger partial charge in [-0.25, -0.2) is 0 Å². The van der Waals surface area contributed by atoms with E-state index in [0.717, 1.165) is 11.3 Å². The smallest absolute Gasteiger partial charge is 0.282 e. The fourth-order valence-corrected chi connectivity index (χ4v) is 3.36. The average Bonchev–Trinajstić information content (AvgIpc) is 2.74. The lowest BCUT2D eigenvalue weighted by Gasteiger charge is -2.19. The van der Waals surface area contributed by atoms with Gasteiger partial charge in [0, 0.05) is 22.3 Å². The molecule has 1 fully saturated rings. The topological polar surface area (TPSA) is 49.4 Å². The second kappa shape index (κ2) is 6.70. The highest BCUT2D eigenvalue weighted by molar-refractivity contribution is 8.13. The Morgan fingerprint density at radius 1 is 1.50 bits per heavy atom. The van der Waals surface area contributed by atoms with Crippen LogP contribution in [0.15, 0.2) is 18.2 Å². The van der Waals surface area contributed by atoms with Gasteiger partial charge in [0.1, 0.15) is 6.54 Å². The quantitative estimate of drug-likeness (QED) is 0.919. The number of thioether (sulfide) groups is 1. The maximum atomic E-state index is 11.9. The van der Waals surface area contributed by atoms with Crippen LogP contribution in [-0.4, -0.2) is 34.9 Å². The molecule has 7 heteroatoms. The van der Waals surface area contributed by atoms with E-state index < -0.39 is 0 Å². The molecule has 0 bridgehead atoms. The summed E-state index contributed by atoms with van der Waals surface area (Å²) in [7, 11) is 0. The lowest BCUT2D eigenvalue weighted by Crippen LogP contribution is -2.38. The van der Waals surface area contributed by atoms with Crippen molar-refractivity contribution in [3.8, 4) is 0 Å². The zero-order valence-electron chi connectivity index (χ0n) is 10.9. The lowest BCUT2D eigenvalue weighted by atomic mass is 10.1. The first-order valence-electron chi connectivity index (χ1n) is 6.13. The molecule has 20 heavy (non-hydrogen) atoms. The summed E-state index contributed by atoms with van der Waals surface area (Å²) in [5, 5.41) is 3.86. The number of nitrogens with zero attached hydrogens (tertiary/aromatic N) is 1. The van der Waals surface area contributed by atoms with Gasteiger partial charge in [0.2, 0.25) is 5.91 Å². The fourth-order valence-electron chi connectivity index (χ4n) is 1.96. The van der Waals surface area contributed by atoms with Crippen molar-refractivity contribution in [2.45, 2.75) is 13.0 Å². The number of carbonyl (C=O) groups is 2. The summed E-state index contributed by atoms with van der Waals surface area (Å²) in [4.78, 5) is 24.9. The van der Waals surface area contributed by atoms with Crippen LogP contribution < -0.4 is 5.32 Å². The van der Waals surface area contributed by atoms with E-state index in [9.17, 15) is 9.59 Å². The number of halogens is 2. The summed E-state index contributed by atoms with van der Waals surface area (Å²) in [6, 6.07) is 4.91. The van der Waals surface area contributed by atoms with Crippen molar-refractivity contribution in [2.24, 2.45) is 0 Å². The lowest BCUT2D eigenvalue weighted by molar-refractivity contribution is -0.122. The van der Waals surface area contributed by atoms with Crippen LogP contribution in [0.3, 0.4) is 0 Å². The summed E-state index contributed by atoms with van der Waals surface area (Å²) in [5.41, 5.74) is 0.798. The molecule has 0 aliphatic carbocycles. The Labute approximate surface area is 131 Å². The van der Waals surface area contributed by atoms with Crippen LogP contribution in [0.25, 0.3) is 0 Å². The van der Waals surface area contributed by atoms with Gasteiger partial charge in [0.15, 0.2) is 0 Å². The molecular formula is C13H14Cl2N2O2S.